The van der Waals surface area contributed by atoms with E-state index in [1.807, 2.05) is 0 Å². The number of benzene rings is 2. The van der Waals surface area contributed by atoms with Gasteiger partial charge in [0.05, 0.1) is 5.41 Å². The van der Waals surface area contributed by atoms with Gasteiger partial charge in [0.25, 0.3) is 5.91 Å². The highest BCUT2D eigenvalue weighted by molar-refractivity contribution is 6.04. The van der Waals surface area contributed by atoms with Gasteiger partial charge < -0.3 is 16.4 Å². The molecule has 1 aromatic heterocycles. The van der Waals surface area contributed by atoms with Gasteiger partial charge in [-0.15, -0.1) is 0 Å². The average molecular weight is 438 g/mol. The monoisotopic (exact) mass is 438 g/mol. The first-order valence-electron chi connectivity index (χ1n) is 9.99. The second kappa shape index (κ2) is 9.65. The van der Waals surface area contributed by atoms with E-state index in [4.69, 9.17) is 5.73 Å². The van der Waals surface area contributed by atoms with Crippen LogP contribution in [0.2, 0.25) is 0 Å². The van der Waals surface area contributed by atoms with Gasteiger partial charge in [0.15, 0.2) is 11.6 Å². The molecule has 4 N–H and O–H groups in total. The molecule has 3 aromatic rings. The second-order valence-electron chi connectivity index (χ2n) is 7.88. The van der Waals surface area contributed by atoms with Crippen molar-refractivity contribution < 1.29 is 18.4 Å². The number of halogens is 2. The number of anilines is 1. The van der Waals surface area contributed by atoms with Crippen molar-refractivity contribution in [3.8, 4) is 0 Å². The van der Waals surface area contributed by atoms with Gasteiger partial charge in [-0.3, -0.25) is 14.6 Å². The minimum atomic E-state index is -1.08. The lowest BCUT2D eigenvalue weighted by Crippen LogP contribution is -2.43. The Morgan fingerprint density at radius 1 is 1.00 bits per heavy atom. The largest absolute Gasteiger partial charge is 0.353 e. The minimum absolute atomic E-state index is 0.133. The molecule has 1 heterocycles. The van der Waals surface area contributed by atoms with E-state index in [-0.39, 0.29) is 18.4 Å². The van der Waals surface area contributed by atoms with Crippen molar-refractivity contribution in [1.29, 1.82) is 0 Å². The molecule has 0 fully saturated rings. The van der Waals surface area contributed by atoms with Crippen molar-refractivity contribution in [2.24, 2.45) is 5.73 Å². The number of hydrogen-bond acceptors (Lipinski definition) is 4. The zero-order valence-electron chi connectivity index (χ0n) is 17.7. The number of carbonyl (C=O) groups is 2. The highest BCUT2D eigenvalue weighted by Gasteiger charge is 2.30. The topological polar surface area (TPSA) is 97.1 Å². The van der Waals surface area contributed by atoms with Crippen LogP contribution in [-0.2, 0) is 10.2 Å². The summed E-state index contributed by atoms with van der Waals surface area (Å²) in [4.78, 5) is 28.9. The van der Waals surface area contributed by atoms with Crippen LogP contribution in [0, 0.1) is 11.6 Å². The number of nitrogens with one attached hydrogen (secondary N) is 2. The van der Waals surface area contributed by atoms with E-state index in [0.29, 0.717) is 16.8 Å². The van der Waals surface area contributed by atoms with Crippen LogP contribution >= 0.6 is 0 Å². The fourth-order valence-corrected chi connectivity index (χ4v) is 3.08. The standard InChI is InChI=1S/C24H24F2N4O2/c1-24(2,17-7-8-19(25)20(26)13-17)23(32)29-14-21(27)15-3-5-16(6-4-15)22(31)30-18-9-11-28-12-10-18/h3-13,21H,14,27H2,1-2H3,(H,29,32)(H,28,30,31). The van der Waals surface area contributed by atoms with Crippen LogP contribution < -0.4 is 16.4 Å². The smallest absolute Gasteiger partial charge is 0.255 e. The molecule has 2 aromatic carbocycles. The van der Waals surface area contributed by atoms with E-state index < -0.39 is 23.1 Å². The lowest BCUT2D eigenvalue weighted by Gasteiger charge is -2.25. The normalized spacial score (nSPS) is 12.2. The highest BCUT2D eigenvalue weighted by Crippen LogP contribution is 2.25. The van der Waals surface area contributed by atoms with E-state index >= 15 is 0 Å². The maximum Gasteiger partial charge on any atom is 0.255 e. The average Bonchev–Trinajstić information content (AvgIpc) is 2.79. The third-order valence-electron chi connectivity index (χ3n) is 5.23. The summed E-state index contributed by atoms with van der Waals surface area (Å²) in [7, 11) is 0. The van der Waals surface area contributed by atoms with Crippen LogP contribution in [-0.4, -0.2) is 23.3 Å². The van der Waals surface area contributed by atoms with Crippen molar-refractivity contribution >= 4 is 17.5 Å². The fraction of sp³-hybridized carbons (Fsp3) is 0.208. The van der Waals surface area contributed by atoms with Crippen LogP contribution in [0.5, 0.6) is 0 Å². The Balaban J connectivity index is 1.59. The zero-order valence-corrected chi connectivity index (χ0v) is 17.7. The predicted octanol–water partition coefficient (Wildman–Crippen LogP) is 3.71. The number of amides is 2. The van der Waals surface area contributed by atoms with Gasteiger partial charge in [0.2, 0.25) is 5.91 Å². The number of carbonyl (C=O) groups excluding carboxylic acids is 2. The first-order valence-corrected chi connectivity index (χ1v) is 9.99. The molecular formula is C24H24F2N4O2. The molecule has 0 radical (unpaired) electrons. The molecule has 2 amide bonds. The number of rotatable bonds is 7. The predicted molar refractivity (Wildman–Crippen MR) is 118 cm³/mol. The lowest BCUT2D eigenvalue weighted by molar-refractivity contribution is -0.125. The van der Waals surface area contributed by atoms with Gasteiger partial charge in [-0.2, -0.15) is 0 Å². The van der Waals surface area contributed by atoms with Crippen LogP contribution in [0.1, 0.15) is 41.4 Å². The van der Waals surface area contributed by atoms with E-state index in [2.05, 4.69) is 15.6 Å². The van der Waals surface area contributed by atoms with Gasteiger partial charge >= 0.3 is 0 Å². The third kappa shape index (κ3) is 5.33. The Morgan fingerprint density at radius 3 is 2.28 bits per heavy atom. The number of nitrogens with two attached hydrogens (primary N) is 1. The van der Waals surface area contributed by atoms with Crippen LogP contribution in [0.25, 0.3) is 0 Å². The maximum atomic E-state index is 13.6. The molecule has 166 valence electrons. The van der Waals surface area contributed by atoms with Crippen LogP contribution in [0.4, 0.5) is 14.5 Å². The quantitative estimate of drug-likeness (QED) is 0.524. The Kier molecular flexibility index (Phi) is 6.95. The summed E-state index contributed by atoms with van der Waals surface area (Å²) in [6, 6.07) is 13.0. The molecule has 3 rings (SSSR count). The van der Waals surface area contributed by atoms with E-state index in [1.54, 1.807) is 62.6 Å². The molecule has 0 bridgehead atoms. The van der Waals surface area contributed by atoms with Crippen molar-refractivity contribution in [2.45, 2.75) is 25.3 Å². The van der Waals surface area contributed by atoms with Gasteiger partial charge in [-0.25, -0.2) is 8.78 Å². The van der Waals surface area contributed by atoms with Crippen LogP contribution in [0.3, 0.4) is 0 Å². The van der Waals surface area contributed by atoms with Gasteiger partial charge in [-0.1, -0.05) is 18.2 Å². The fourth-order valence-electron chi connectivity index (χ4n) is 3.08. The molecule has 0 aliphatic rings. The summed E-state index contributed by atoms with van der Waals surface area (Å²) < 4.78 is 26.8. The maximum absolute atomic E-state index is 13.6. The second-order valence-corrected chi connectivity index (χ2v) is 7.88. The van der Waals surface area contributed by atoms with Gasteiger partial charge in [0.1, 0.15) is 0 Å². The Labute approximate surface area is 184 Å². The Hall–Kier alpha value is -3.65. The molecule has 6 nitrogen and oxygen atoms in total. The van der Waals surface area contributed by atoms with E-state index in [0.717, 1.165) is 17.7 Å². The number of pyridine rings is 1. The molecule has 1 unspecified atom stereocenters. The number of hydrogen-bond donors (Lipinski definition) is 3. The number of nitrogens with zero attached hydrogens (tertiary/aromatic N) is 1. The van der Waals surface area contributed by atoms with Gasteiger partial charge in [0, 0.05) is 36.2 Å². The SMILES string of the molecule is CC(C)(C(=O)NCC(N)c1ccc(C(=O)Nc2ccncc2)cc1)c1ccc(F)c(F)c1. The van der Waals surface area contributed by atoms with E-state index in [9.17, 15) is 18.4 Å². The van der Waals surface area contributed by atoms with Gasteiger partial charge in [-0.05, 0) is 61.4 Å². The molecule has 0 aliphatic heterocycles. The summed E-state index contributed by atoms with van der Waals surface area (Å²) in [5.41, 5.74) is 7.29. The highest BCUT2D eigenvalue weighted by atomic mass is 19.2. The molecule has 0 saturated carbocycles. The summed E-state index contributed by atoms with van der Waals surface area (Å²) in [6.07, 6.45) is 3.17. The molecule has 1 atom stereocenters. The Bertz CT molecular complexity index is 1100. The Morgan fingerprint density at radius 2 is 1.66 bits per heavy atom. The van der Waals surface area contributed by atoms with Crippen molar-refractivity contribution in [2.75, 3.05) is 11.9 Å². The summed E-state index contributed by atoms with van der Waals surface area (Å²) in [5.74, 6) is -2.61. The summed E-state index contributed by atoms with van der Waals surface area (Å²) in [5, 5.41) is 5.53. The first kappa shape index (κ1) is 23.0. The van der Waals surface area contributed by atoms with Crippen molar-refractivity contribution in [1.82, 2.24) is 10.3 Å². The molecular weight excluding hydrogens is 414 g/mol. The zero-order chi connectivity index (χ0) is 23.3. The van der Waals surface area contributed by atoms with E-state index in [1.165, 1.54) is 6.07 Å². The minimum Gasteiger partial charge on any atom is -0.353 e. The molecule has 8 heteroatoms. The molecule has 0 aliphatic carbocycles. The summed E-state index contributed by atoms with van der Waals surface area (Å²) >= 11 is 0. The number of aromatic nitrogens is 1. The molecule has 32 heavy (non-hydrogen) atoms. The lowest BCUT2D eigenvalue weighted by atomic mass is 9.83. The summed E-state index contributed by atoms with van der Waals surface area (Å²) in [6.45, 7) is 3.38. The third-order valence-corrected chi connectivity index (χ3v) is 5.23. The van der Waals surface area contributed by atoms with Crippen molar-refractivity contribution in [3.05, 3.63) is 95.3 Å². The van der Waals surface area contributed by atoms with Crippen LogP contribution in [0.15, 0.2) is 67.0 Å². The first-order chi connectivity index (χ1) is 15.2. The molecule has 0 saturated heterocycles. The van der Waals surface area contributed by atoms with Crippen molar-refractivity contribution in [3.63, 3.8) is 0 Å². The molecule has 0 spiro atoms.